The average molecular weight is 314 g/mol. The summed E-state index contributed by atoms with van der Waals surface area (Å²) in [6.07, 6.45) is 0.735. The van der Waals surface area contributed by atoms with Gasteiger partial charge < -0.3 is 4.42 Å². The van der Waals surface area contributed by atoms with E-state index in [-0.39, 0.29) is 5.09 Å². The number of sulfonamides is 1. The number of hydrogen-bond donors (Lipinski definition) is 1. The molecule has 110 valence electrons. The highest BCUT2D eigenvalue weighted by Gasteiger charge is 2.22. The number of furan rings is 1. The fourth-order valence-electron chi connectivity index (χ4n) is 1.80. The number of aromatic nitrogens is 1. The zero-order valence-corrected chi connectivity index (χ0v) is 13.6. The van der Waals surface area contributed by atoms with Crippen LogP contribution in [0.3, 0.4) is 0 Å². The Balaban J connectivity index is 2.29. The van der Waals surface area contributed by atoms with E-state index in [1.807, 2.05) is 6.92 Å². The number of nitrogens with one attached hydrogen (secondary N) is 1. The summed E-state index contributed by atoms with van der Waals surface area (Å²) in [6, 6.07) is 3.08. The molecule has 1 N–H and O–H groups in total. The van der Waals surface area contributed by atoms with Crippen molar-refractivity contribution in [2.75, 3.05) is 4.72 Å². The van der Waals surface area contributed by atoms with Crippen molar-refractivity contribution < 1.29 is 12.8 Å². The lowest BCUT2D eigenvalue weighted by atomic mass is 10.1. The molecule has 0 fully saturated rings. The topological polar surface area (TPSA) is 72.2 Å². The van der Waals surface area contributed by atoms with E-state index in [4.69, 9.17) is 4.42 Å². The van der Waals surface area contributed by atoms with Crippen molar-refractivity contribution in [3.8, 4) is 0 Å². The molecule has 2 heterocycles. The van der Waals surface area contributed by atoms with E-state index in [1.165, 1.54) is 17.4 Å². The van der Waals surface area contributed by atoms with E-state index in [0.717, 1.165) is 17.1 Å². The second-order valence-electron chi connectivity index (χ2n) is 5.08. The predicted octanol–water partition coefficient (Wildman–Crippen LogP) is 3.35. The summed E-state index contributed by atoms with van der Waals surface area (Å²) in [4.78, 5) is 4.39. The van der Waals surface area contributed by atoms with Crippen LogP contribution >= 0.6 is 11.3 Å². The Bertz CT molecular complexity index is 699. The second-order valence-corrected chi connectivity index (χ2v) is 7.89. The van der Waals surface area contributed by atoms with Crippen LogP contribution in [0, 0.1) is 19.8 Å². The van der Waals surface area contributed by atoms with Gasteiger partial charge >= 0.3 is 0 Å². The number of nitrogens with zero attached hydrogens (tertiary/aromatic N) is 1. The first-order valence-corrected chi connectivity index (χ1v) is 8.63. The summed E-state index contributed by atoms with van der Waals surface area (Å²) in [5.41, 5.74) is 0.786. The minimum Gasteiger partial charge on any atom is -0.448 e. The van der Waals surface area contributed by atoms with Crippen LogP contribution in [0.1, 0.15) is 30.3 Å². The highest BCUT2D eigenvalue weighted by molar-refractivity contribution is 7.92. The molecule has 0 aliphatic heterocycles. The summed E-state index contributed by atoms with van der Waals surface area (Å²) in [6.45, 7) is 7.72. The first-order chi connectivity index (χ1) is 9.28. The van der Waals surface area contributed by atoms with Gasteiger partial charge in [0, 0.05) is 0 Å². The van der Waals surface area contributed by atoms with Gasteiger partial charge in [0.1, 0.15) is 10.8 Å². The van der Waals surface area contributed by atoms with Crippen LogP contribution in [0.4, 0.5) is 5.00 Å². The lowest BCUT2D eigenvalue weighted by molar-refractivity contribution is 0.430. The Morgan fingerprint density at radius 2 is 2.05 bits per heavy atom. The molecule has 2 aromatic heterocycles. The van der Waals surface area contributed by atoms with Crippen LogP contribution in [-0.2, 0) is 16.4 Å². The van der Waals surface area contributed by atoms with Crippen molar-refractivity contribution in [3.05, 3.63) is 28.6 Å². The number of thiazole rings is 1. The molecule has 5 nitrogen and oxygen atoms in total. The van der Waals surface area contributed by atoms with E-state index in [9.17, 15) is 8.42 Å². The molecule has 0 bridgehead atoms. The van der Waals surface area contributed by atoms with Gasteiger partial charge in [0.2, 0.25) is 5.09 Å². The van der Waals surface area contributed by atoms with E-state index >= 15 is 0 Å². The van der Waals surface area contributed by atoms with Gasteiger partial charge in [0.25, 0.3) is 10.0 Å². The average Bonchev–Trinajstić information content (AvgIpc) is 2.85. The van der Waals surface area contributed by atoms with Crippen molar-refractivity contribution in [2.24, 2.45) is 5.92 Å². The van der Waals surface area contributed by atoms with Crippen LogP contribution in [0.2, 0.25) is 0 Å². The lowest BCUT2D eigenvalue weighted by Crippen LogP contribution is -2.13. The van der Waals surface area contributed by atoms with Crippen molar-refractivity contribution in [1.29, 1.82) is 0 Å². The maximum absolute atomic E-state index is 12.2. The van der Waals surface area contributed by atoms with E-state index in [0.29, 0.717) is 16.7 Å². The zero-order chi connectivity index (χ0) is 14.9. The summed E-state index contributed by atoms with van der Waals surface area (Å²) >= 11 is 1.34. The van der Waals surface area contributed by atoms with Gasteiger partial charge in [0.15, 0.2) is 0 Å². The van der Waals surface area contributed by atoms with Gasteiger partial charge in [0.05, 0.1) is 10.7 Å². The van der Waals surface area contributed by atoms with Crippen LogP contribution in [0.15, 0.2) is 21.6 Å². The number of anilines is 1. The molecule has 2 aromatic rings. The molecular weight excluding hydrogens is 296 g/mol. The minimum absolute atomic E-state index is 0.0726. The predicted molar refractivity (Wildman–Crippen MR) is 79.6 cm³/mol. The van der Waals surface area contributed by atoms with Crippen molar-refractivity contribution in [1.82, 2.24) is 4.98 Å². The summed E-state index contributed by atoms with van der Waals surface area (Å²) < 4.78 is 32.2. The minimum atomic E-state index is -3.68. The molecule has 0 unspecified atom stereocenters. The number of rotatable bonds is 5. The molecule has 0 atom stereocenters. The van der Waals surface area contributed by atoms with Crippen LogP contribution in [-0.4, -0.2) is 13.4 Å². The maximum Gasteiger partial charge on any atom is 0.296 e. The fourth-order valence-corrected chi connectivity index (χ4v) is 3.95. The lowest BCUT2D eigenvalue weighted by Gasteiger charge is -2.07. The Labute approximate surface area is 123 Å². The number of aryl methyl sites for hydroxylation is 2. The van der Waals surface area contributed by atoms with Crippen molar-refractivity contribution in [3.63, 3.8) is 0 Å². The molecule has 0 amide bonds. The molecule has 2 rings (SSSR count). The molecule has 20 heavy (non-hydrogen) atoms. The smallest absolute Gasteiger partial charge is 0.296 e. The second kappa shape index (κ2) is 5.57. The fraction of sp³-hybridized carbons (Fsp3) is 0.462. The largest absolute Gasteiger partial charge is 0.448 e. The Hall–Kier alpha value is -1.34. The molecule has 0 aliphatic rings. The van der Waals surface area contributed by atoms with Crippen molar-refractivity contribution in [2.45, 2.75) is 39.2 Å². The Kier molecular flexibility index (Phi) is 4.19. The summed E-state index contributed by atoms with van der Waals surface area (Å²) in [5, 5.41) is 1.34. The molecule has 7 heteroatoms. The van der Waals surface area contributed by atoms with Gasteiger partial charge in [-0.1, -0.05) is 13.8 Å². The van der Waals surface area contributed by atoms with Crippen molar-refractivity contribution >= 4 is 26.4 Å². The maximum atomic E-state index is 12.2. The van der Waals surface area contributed by atoms with E-state index in [1.54, 1.807) is 13.0 Å². The van der Waals surface area contributed by atoms with E-state index < -0.39 is 10.0 Å². The Morgan fingerprint density at radius 3 is 2.60 bits per heavy atom. The normalized spacial score (nSPS) is 12.1. The van der Waals surface area contributed by atoms with Gasteiger partial charge in [-0.05, 0) is 38.3 Å². The summed E-state index contributed by atoms with van der Waals surface area (Å²) in [5.74, 6) is 0.971. The van der Waals surface area contributed by atoms with Gasteiger partial charge in [-0.25, -0.2) is 4.98 Å². The van der Waals surface area contributed by atoms with Gasteiger partial charge in [-0.15, -0.1) is 11.3 Å². The van der Waals surface area contributed by atoms with Gasteiger partial charge in [-0.2, -0.15) is 8.42 Å². The molecule has 0 aliphatic carbocycles. The van der Waals surface area contributed by atoms with E-state index in [2.05, 4.69) is 23.6 Å². The van der Waals surface area contributed by atoms with Crippen LogP contribution < -0.4 is 4.72 Å². The third-order valence-electron chi connectivity index (χ3n) is 2.61. The molecular formula is C13H18N2O3S2. The molecule has 0 radical (unpaired) electrons. The number of hydrogen-bond acceptors (Lipinski definition) is 5. The van der Waals surface area contributed by atoms with Crippen LogP contribution in [0.5, 0.6) is 0 Å². The monoisotopic (exact) mass is 314 g/mol. The molecule has 0 saturated heterocycles. The molecule has 0 saturated carbocycles. The van der Waals surface area contributed by atoms with Crippen LogP contribution in [0.25, 0.3) is 0 Å². The van der Waals surface area contributed by atoms with Gasteiger partial charge in [-0.3, -0.25) is 4.72 Å². The SMILES string of the molecule is Cc1ccc(S(=O)(=O)Nc2sc(C)nc2CC(C)C)o1. The first-order valence-electron chi connectivity index (χ1n) is 6.33. The zero-order valence-electron chi connectivity index (χ0n) is 11.9. The molecule has 0 aromatic carbocycles. The Morgan fingerprint density at radius 1 is 1.35 bits per heavy atom. The molecule has 0 spiro atoms. The highest BCUT2D eigenvalue weighted by atomic mass is 32.2. The third-order valence-corrected chi connectivity index (χ3v) is 4.89. The highest BCUT2D eigenvalue weighted by Crippen LogP contribution is 2.29. The first kappa shape index (κ1) is 15.1. The third kappa shape index (κ3) is 3.40. The summed E-state index contributed by atoms with van der Waals surface area (Å²) in [7, 11) is -3.68. The standard InChI is InChI=1S/C13H18N2O3S2/c1-8(2)7-11-13(19-10(4)14-11)15-20(16,17)12-6-5-9(3)18-12/h5-6,8,15H,7H2,1-4H3. The quantitative estimate of drug-likeness (QED) is 0.918.